The van der Waals surface area contributed by atoms with Crippen LogP contribution in [0.2, 0.25) is 0 Å². The third kappa shape index (κ3) is 3.27. The normalized spacial score (nSPS) is 18.3. The van der Waals surface area contributed by atoms with Gasteiger partial charge in [-0.1, -0.05) is 6.92 Å². The Hall–Kier alpha value is -1.39. The highest BCUT2D eigenvalue weighted by molar-refractivity contribution is 8.00. The number of carbonyl (C=O) groups is 1. The van der Waals surface area contributed by atoms with Crippen LogP contribution in [0.25, 0.3) is 0 Å². The number of thioether (sulfide) groups is 1. The molecule has 3 N–H and O–H groups in total. The molecule has 1 unspecified atom stereocenters. The number of thiophene rings is 1. The van der Waals surface area contributed by atoms with E-state index in [9.17, 15) is 10.1 Å². The molecule has 1 saturated heterocycles. The molecule has 1 aliphatic heterocycles. The molecule has 1 aliphatic rings. The summed E-state index contributed by atoms with van der Waals surface area (Å²) < 4.78 is 0. The van der Waals surface area contributed by atoms with Crippen LogP contribution in [-0.4, -0.2) is 36.5 Å². The molecule has 0 aliphatic carbocycles. The van der Waals surface area contributed by atoms with Crippen molar-refractivity contribution in [3.63, 3.8) is 0 Å². The van der Waals surface area contributed by atoms with E-state index in [2.05, 4.69) is 23.2 Å². The minimum Gasteiger partial charge on any atom is -0.396 e. The lowest BCUT2D eigenvalue weighted by Gasteiger charge is -2.32. The number of carbonyl (C=O) groups excluding carboxylic acids is 1. The molecule has 2 heterocycles. The Morgan fingerprint density at radius 3 is 2.95 bits per heavy atom. The third-order valence-corrected chi connectivity index (χ3v) is 6.10. The van der Waals surface area contributed by atoms with Crippen molar-refractivity contribution in [1.29, 1.82) is 5.26 Å². The molecule has 1 atom stereocenters. The summed E-state index contributed by atoms with van der Waals surface area (Å²) in [6.07, 6.45) is 1.10. The summed E-state index contributed by atoms with van der Waals surface area (Å²) in [5.41, 5.74) is 6.78. The van der Waals surface area contributed by atoms with Gasteiger partial charge in [-0.2, -0.15) is 17.0 Å². The number of nitrogens with two attached hydrogens (primary N) is 1. The van der Waals surface area contributed by atoms with Crippen molar-refractivity contribution < 1.29 is 4.79 Å². The summed E-state index contributed by atoms with van der Waals surface area (Å²) in [6.45, 7) is 6.39. The van der Waals surface area contributed by atoms with Gasteiger partial charge >= 0.3 is 0 Å². The monoisotopic (exact) mass is 324 g/mol. The maximum atomic E-state index is 12.0. The second-order valence-corrected chi connectivity index (χ2v) is 7.25. The average molecular weight is 324 g/mol. The van der Waals surface area contributed by atoms with E-state index in [1.54, 1.807) is 0 Å². The van der Waals surface area contributed by atoms with Crippen molar-refractivity contribution in [2.45, 2.75) is 25.5 Å². The molecular formula is C14H20N4OS2. The van der Waals surface area contributed by atoms with E-state index in [4.69, 9.17) is 5.73 Å². The van der Waals surface area contributed by atoms with Gasteiger partial charge < -0.3 is 16.0 Å². The van der Waals surface area contributed by atoms with E-state index < -0.39 is 0 Å². The van der Waals surface area contributed by atoms with Crippen LogP contribution >= 0.6 is 23.1 Å². The fourth-order valence-corrected chi connectivity index (χ4v) is 4.63. The summed E-state index contributed by atoms with van der Waals surface area (Å²) in [4.78, 5) is 14.7. The van der Waals surface area contributed by atoms with Crippen LogP contribution in [0.1, 0.15) is 35.5 Å². The molecule has 1 aromatic heterocycles. The van der Waals surface area contributed by atoms with Crippen LogP contribution in [0.15, 0.2) is 0 Å². The van der Waals surface area contributed by atoms with Crippen molar-refractivity contribution in [1.82, 2.24) is 5.32 Å². The number of amides is 1. The fraction of sp³-hybridized carbons (Fsp3) is 0.571. The van der Waals surface area contributed by atoms with Gasteiger partial charge in [0.2, 0.25) is 0 Å². The molecule has 0 aromatic carbocycles. The minimum absolute atomic E-state index is 0.193. The van der Waals surface area contributed by atoms with Crippen LogP contribution in [0, 0.1) is 11.3 Å². The first-order chi connectivity index (χ1) is 10.1. The molecule has 114 valence electrons. The van der Waals surface area contributed by atoms with E-state index >= 15 is 0 Å². The van der Waals surface area contributed by atoms with Crippen LogP contribution in [0.4, 0.5) is 10.7 Å². The Morgan fingerprint density at radius 1 is 1.57 bits per heavy atom. The number of hydrogen-bond acceptors (Lipinski definition) is 6. The van der Waals surface area contributed by atoms with E-state index in [1.165, 1.54) is 11.3 Å². The number of nitrogens with zero attached hydrogens (tertiary/aromatic N) is 2. The predicted octanol–water partition coefficient (Wildman–Crippen LogP) is 2.28. The molecule has 0 saturated carbocycles. The molecule has 0 radical (unpaired) electrons. The summed E-state index contributed by atoms with van der Waals surface area (Å²) in [6, 6.07) is 2.17. The first-order valence-corrected chi connectivity index (χ1v) is 8.95. The molecule has 21 heavy (non-hydrogen) atoms. The second-order valence-electron chi connectivity index (χ2n) is 4.84. The summed E-state index contributed by atoms with van der Waals surface area (Å²) in [5, 5.41) is 13.6. The highest BCUT2D eigenvalue weighted by atomic mass is 32.2. The lowest BCUT2D eigenvalue weighted by molar-refractivity contribution is 0.0960. The van der Waals surface area contributed by atoms with Gasteiger partial charge in [0.15, 0.2) is 0 Å². The Morgan fingerprint density at radius 2 is 2.33 bits per heavy atom. The highest BCUT2D eigenvalue weighted by Gasteiger charge is 2.27. The molecule has 2 rings (SSSR count). The Kier molecular flexibility index (Phi) is 5.37. The van der Waals surface area contributed by atoms with Crippen LogP contribution in [0.5, 0.6) is 0 Å². The first kappa shape index (κ1) is 16.0. The van der Waals surface area contributed by atoms with Crippen LogP contribution in [0.3, 0.4) is 0 Å². The zero-order valence-electron chi connectivity index (χ0n) is 12.3. The standard InChI is InChI=1S/C14H20N4OS2/c1-3-9-8-18(5-6-20-9)14-10(7-15)11(16)12(21-14)13(19)17-4-2/h9H,3-6,8,16H2,1-2H3,(H,17,19). The number of rotatable bonds is 4. The van der Waals surface area contributed by atoms with Gasteiger partial charge in [-0.3, -0.25) is 4.79 Å². The van der Waals surface area contributed by atoms with Crippen molar-refractivity contribution >= 4 is 39.7 Å². The van der Waals surface area contributed by atoms with Crippen molar-refractivity contribution in [2.75, 3.05) is 36.0 Å². The molecule has 5 nitrogen and oxygen atoms in total. The molecule has 7 heteroatoms. The van der Waals surface area contributed by atoms with E-state index in [0.29, 0.717) is 27.9 Å². The SMILES string of the molecule is CCNC(=O)c1sc(N2CCSC(CC)C2)c(C#N)c1N. The summed E-state index contributed by atoms with van der Waals surface area (Å²) in [5.74, 6) is 0.846. The third-order valence-electron chi connectivity index (χ3n) is 3.46. The number of nitriles is 1. The quantitative estimate of drug-likeness (QED) is 0.888. The van der Waals surface area contributed by atoms with Gasteiger partial charge in [-0.05, 0) is 13.3 Å². The lowest BCUT2D eigenvalue weighted by Crippen LogP contribution is -2.37. The van der Waals surface area contributed by atoms with E-state index in [-0.39, 0.29) is 5.91 Å². The largest absolute Gasteiger partial charge is 0.396 e. The molecule has 0 bridgehead atoms. The van der Waals surface area contributed by atoms with E-state index in [1.807, 2.05) is 18.7 Å². The number of nitrogen functional groups attached to an aromatic ring is 1. The molecular weight excluding hydrogens is 304 g/mol. The Bertz CT molecular complexity index is 564. The first-order valence-electron chi connectivity index (χ1n) is 7.09. The van der Waals surface area contributed by atoms with Crippen molar-refractivity contribution in [2.24, 2.45) is 0 Å². The number of nitrogens with one attached hydrogen (secondary N) is 1. The Balaban J connectivity index is 2.33. The average Bonchev–Trinajstić information content (AvgIpc) is 2.84. The number of anilines is 2. The topological polar surface area (TPSA) is 82.2 Å². The van der Waals surface area contributed by atoms with Crippen LogP contribution in [-0.2, 0) is 0 Å². The Labute approximate surface area is 133 Å². The van der Waals surface area contributed by atoms with Gasteiger partial charge in [0.1, 0.15) is 21.5 Å². The van der Waals surface area contributed by atoms with Crippen molar-refractivity contribution in [3.05, 3.63) is 10.4 Å². The van der Waals surface area contributed by atoms with Gasteiger partial charge in [0.25, 0.3) is 5.91 Å². The van der Waals surface area contributed by atoms with E-state index in [0.717, 1.165) is 30.3 Å². The molecule has 1 aromatic rings. The summed E-state index contributed by atoms with van der Waals surface area (Å²) >= 11 is 3.30. The molecule has 1 amide bonds. The van der Waals surface area contributed by atoms with Gasteiger partial charge in [0.05, 0.1) is 5.69 Å². The minimum atomic E-state index is -0.193. The second kappa shape index (κ2) is 7.05. The molecule has 1 fully saturated rings. The fourth-order valence-electron chi connectivity index (χ4n) is 2.32. The van der Waals surface area contributed by atoms with Gasteiger partial charge in [-0.15, -0.1) is 11.3 Å². The zero-order valence-corrected chi connectivity index (χ0v) is 13.9. The lowest BCUT2D eigenvalue weighted by atomic mass is 10.2. The maximum Gasteiger partial charge on any atom is 0.263 e. The smallest absolute Gasteiger partial charge is 0.263 e. The van der Waals surface area contributed by atoms with Crippen molar-refractivity contribution in [3.8, 4) is 6.07 Å². The van der Waals surface area contributed by atoms with Gasteiger partial charge in [-0.25, -0.2) is 0 Å². The maximum absolute atomic E-state index is 12.0. The highest BCUT2D eigenvalue weighted by Crippen LogP contribution is 2.39. The van der Waals surface area contributed by atoms with Crippen LogP contribution < -0.4 is 16.0 Å². The predicted molar refractivity (Wildman–Crippen MR) is 90.2 cm³/mol. The molecule has 0 spiro atoms. The summed E-state index contributed by atoms with van der Waals surface area (Å²) in [7, 11) is 0. The number of hydrogen-bond donors (Lipinski definition) is 2. The zero-order chi connectivity index (χ0) is 15.4. The van der Waals surface area contributed by atoms with Gasteiger partial charge in [0, 0.05) is 30.6 Å².